The second-order valence-corrected chi connectivity index (χ2v) is 8.33. The SMILES string of the molecule is CC(=O)N1CCN(C(=O)Nc2sc3c(c2C(N)=O)CC(C)(C)OC3)CC1. The van der Waals surface area contributed by atoms with Crippen LogP contribution < -0.4 is 11.1 Å². The lowest BCUT2D eigenvalue weighted by Crippen LogP contribution is -2.51. The van der Waals surface area contributed by atoms with Crippen LogP contribution in [-0.4, -0.2) is 59.4 Å². The summed E-state index contributed by atoms with van der Waals surface area (Å²) in [5.41, 5.74) is 6.48. The zero-order valence-electron chi connectivity index (χ0n) is 15.3. The zero-order valence-corrected chi connectivity index (χ0v) is 16.1. The molecule has 0 atom stereocenters. The predicted molar refractivity (Wildman–Crippen MR) is 98.3 cm³/mol. The van der Waals surface area contributed by atoms with Crippen LogP contribution in [0.1, 0.15) is 41.6 Å². The Morgan fingerprint density at radius 1 is 1.15 bits per heavy atom. The normalized spacial score (nSPS) is 19.0. The van der Waals surface area contributed by atoms with E-state index in [2.05, 4.69) is 5.32 Å². The van der Waals surface area contributed by atoms with Crippen molar-refractivity contribution >= 4 is 34.2 Å². The summed E-state index contributed by atoms with van der Waals surface area (Å²) in [6, 6.07) is -0.283. The van der Waals surface area contributed by atoms with Crippen LogP contribution >= 0.6 is 11.3 Å². The number of fused-ring (bicyclic) bond motifs is 1. The molecular formula is C17H24N4O4S. The predicted octanol–water partition coefficient (Wildman–Crippen LogP) is 1.39. The van der Waals surface area contributed by atoms with Crippen LogP contribution in [0.3, 0.4) is 0 Å². The highest BCUT2D eigenvalue weighted by Gasteiger charge is 2.33. The molecule has 0 unspecified atom stereocenters. The first kappa shape index (κ1) is 18.7. The summed E-state index contributed by atoms with van der Waals surface area (Å²) < 4.78 is 5.79. The van der Waals surface area contributed by atoms with Crippen molar-refractivity contribution in [1.82, 2.24) is 9.80 Å². The molecule has 0 aromatic carbocycles. The maximum atomic E-state index is 12.6. The topological polar surface area (TPSA) is 105 Å². The Kier molecular flexibility index (Phi) is 4.94. The van der Waals surface area contributed by atoms with Crippen molar-refractivity contribution in [1.29, 1.82) is 0 Å². The van der Waals surface area contributed by atoms with Gasteiger partial charge in [-0.3, -0.25) is 14.9 Å². The van der Waals surface area contributed by atoms with E-state index >= 15 is 0 Å². The smallest absolute Gasteiger partial charge is 0.322 e. The number of nitrogens with two attached hydrogens (primary N) is 1. The fourth-order valence-electron chi connectivity index (χ4n) is 3.30. The van der Waals surface area contributed by atoms with Crippen molar-refractivity contribution in [3.8, 4) is 0 Å². The molecule has 2 aliphatic heterocycles. The molecule has 0 bridgehead atoms. The van der Waals surface area contributed by atoms with Crippen LogP contribution in [0.5, 0.6) is 0 Å². The summed E-state index contributed by atoms with van der Waals surface area (Å²) in [7, 11) is 0. The Labute approximate surface area is 156 Å². The van der Waals surface area contributed by atoms with Gasteiger partial charge in [-0.1, -0.05) is 0 Å². The van der Waals surface area contributed by atoms with E-state index < -0.39 is 5.91 Å². The average molecular weight is 380 g/mol. The number of carbonyl (C=O) groups excluding carboxylic acids is 3. The van der Waals surface area contributed by atoms with Gasteiger partial charge < -0.3 is 20.3 Å². The highest BCUT2D eigenvalue weighted by atomic mass is 32.1. The first-order chi connectivity index (χ1) is 12.2. The number of thiophene rings is 1. The Morgan fingerprint density at radius 3 is 2.35 bits per heavy atom. The molecule has 3 rings (SSSR count). The minimum atomic E-state index is -0.545. The number of primary amides is 1. The number of hydrogen-bond acceptors (Lipinski definition) is 5. The maximum absolute atomic E-state index is 12.6. The van der Waals surface area contributed by atoms with Crippen LogP contribution in [0, 0.1) is 0 Å². The number of ether oxygens (including phenoxy) is 1. The molecule has 8 nitrogen and oxygen atoms in total. The van der Waals surface area contributed by atoms with Gasteiger partial charge in [-0.25, -0.2) is 4.79 Å². The molecular weight excluding hydrogens is 356 g/mol. The van der Waals surface area contributed by atoms with Gasteiger partial charge in [-0.15, -0.1) is 11.3 Å². The maximum Gasteiger partial charge on any atom is 0.322 e. The van der Waals surface area contributed by atoms with Crippen molar-refractivity contribution in [2.45, 2.75) is 39.4 Å². The molecule has 1 fully saturated rings. The number of rotatable bonds is 2. The van der Waals surface area contributed by atoms with Gasteiger partial charge in [0.2, 0.25) is 5.91 Å². The Balaban J connectivity index is 1.76. The number of anilines is 1. The van der Waals surface area contributed by atoms with Gasteiger partial charge >= 0.3 is 6.03 Å². The lowest BCUT2D eigenvalue weighted by molar-refractivity contribution is -0.130. The molecule has 2 aliphatic rings. The van der Waals surface area contributed by atoms with Gasteiger partial charge in [0.25, 0.3) is 5.91 Å². The Bertz CT molecular complexity index is 750. The van der Waals surface area contributed by atoms with Gasteiger partial charge in [0.05, 0.1) is 17.8 Å². The quantitative estimate of drug-likeness (QED) is 0.809. The van der Waals surface area contributed by atoms with Crippen molar-refractivity contribution in [3.05, 3.63) is 16.0 Å². The second kappa shape index (κ2) is 6.88. The first-order valence-electron chi connectivity index (χ1n) is 8.57. The van der Waals surface area contributed by atoms with Gasteiger partial charge in [0.1, 0.15) is 5.00 Å². The zero-order chi connectivity index (χ0) is 19.1. The van der Waals surface area contributed by atoms with Crippen molar-refractivity contribution < 1.29 is 19.1 Å². The molecule has 0 radical (unpaired) electrons. The number of hydrogen-bond donors (Lipinski definition) is 2. The Hall–Kier alpha value is -2.13. The molecule has 0 saturated carbocycles. The van der Waals surface area contributed by atoms with E-state index in [1.807, 2.05) is 13.8 Å². The molecule has 0 spiro atoms. The van der Waals surface area contributed by atoms with E-state index in [0.717, 1.165) is 10.4 Å². The summed E-state index contributed by atoms with van der Waals surface area (Å²) >= 11 is 1.34. The number of nitrogens with zero attached hydrogens (tertiary/aromatic N) is 2. The summed E-state index contributed by atoms with van der Waals surface area (Å²) in [6.45, 7) is 7.78. The molecule has 142 valence electrons. The van der Waals surface area contributed by atoms with E-state index in [4.69, 9.17) is 10.5 Å². The minimum absolute atomic E-state index is 0.00891. The van der Waals surface area contributed by atoms with E-state index in [-0.39, 0.29) is 17.5 Å². The van der Waals surface area contributed by atoms with E-state index in [1.165, 1.54) is 18.3 Å². The molecule has 9 heteroatoms. The third kappa shape index (κ3) is 3.68. The summed E-state index contributed by atoms with van der Waals surface area (Å²) in [4.78, 5) is 40.3. The van der Waals surface area contributed by atoms with Crippen molar-refractivity contribution in [3.63, 3.8) is 0 Å². The molecule has 4 amide bonds. The van der Waals surface area contributed by atoms with Gasteiger partial charge in [-0.2, -0.15) is 0 Å². The summed E-state index contributed by atoms with van der Waals surface area (Å²) in [6.07, 6.45) is 0.574. The number of piperazine rings is 1. The van der Waals surface area contributed by atoms with Crippen LogP contribution in [0.2, 0.25) is 0 Å². The molecule has 26 heavy (non-hydrogen) atoms. The monoisotopic (exact) mass is 380 g/mol. The van der Waals surface area contributed by atoms with Crippen LogP contribution in [0.15, 0.2) is 0 Å². The van der Waals surface area contributed by atoms with Crippen molar-refractivity contribution in [2.24, 2.45) is 5.73 Å². The summed E-state index contributed by atoms with van der Waals surface area (Å²) in [5.74, 6) is -0.536. The van der Waals surface area contributed by atoms with Crippen LogP contribution in [0.25, 0.3) is 0 Å². The molecule has 3 heterocycles. The Morgan fingerprint density at radius 2 is 1.77 bits per heavy atom. The number of carbonyl (C=O) groups is 3. The average Bonchev–Trinajstić information content (AvgIpc) is 2.90. The molecule has 1 aromatic rings. The largest absolute Gasteiger partial charge is 0.370 e. The van der Waals surface area contributed by atoms with E-state index in [0.29, 0.717) is 49.8 Å². The number of amides is 4. The van der Waals surface area contributed by atoms with Crippen LogP contribution in [0.4, 0.5) is 9.80 Å². The summed E-state index contributed by atoms with van der Waals surface area (Å²) in [5, 5.41) is 3.31. The molecule has 3 N–H and O–H groups in total. The van der Waals surface area contributed by atoms with Crippen molar-refractivity contribution in [2.75, 3.05) is 31.5 Å². The van der Waals surface area contributed by atoms with Gasteiger partial charge in [0.15, 0.2) is 0 Å². The van der Waals surface area contributed by atoms with Gasteiger partial charge in [0, 0.05) is 44.4 Å². The highest BCUT2D eigenvalue weighted by Crippen LogP contribution is 2.40. The van der Waals surface area contributed by atoms with Gasteiger partial charge in [-0.05, 0) is 19.4 Å². The van der Waals surface area contributed by atoms with E-state index in [9.17, 15) is 14.4 Å². The fraction of sp³-hybridized carbons (Fsp3) is 0.588. The first-order valence-corrected chi connectivity index (χ1v) is 9.39. The standard InChI is InChI=1S/C17H24N4O4S/c1-10(22)20-4-6-21(7-5-20)16(24)19-15-13(14(18)23)11-8-17(2,3)25-9-12(11)26-15/h4-9H2,1-3H3,(H2,18,23)(H,19,24). The third-order valence-corrected chi connectivity index (χ3v) is 5.89. The lowest BCUT2D eigenvalue weighted by Gasteiger charge is -2.34. The number of urea groups is 1. The molecule has 1 saturated heterocycles. The fourth-order valence-corrected chi connectivity index (χ4v) is 4.43. The molecule has 1 aromatic heterocycles. The molecule has 0 aliphatic carbocycles. The minimum Gasteiger partial charge on any atom is -0.370 e. The van der Waals surface area contributed by atoms with Crippen LogP contribution in [-0.2, 0) is 22.6 Å². The van der Waals surface area contributed by atoms with E-state index in [1.54, 1.807) is 9.80 Å². The second-order valence-electron chi connectivity index (χ2n) is 7.22. The number of nitrogens with one attached hydrogen (secondary N) is 1. The lowest BCUT2D eigenvalue weighted by atomic mass is 9.93. The highest BCUT2D eigenvalue weighted by molar-refractivity contribution is 7.17. The third-order valence-electron chi connectivity index (χ3n) is 4.77.